The lowest BCUT2D eigenvalue weighted by atomic mass is 9.93. The van der Waals surface area contributed by atoms with E-state index in [9.17, 15) is 9.18 Å². The molecule has 3 rings (SSSR count). The van der Waals surface area contributed by atoms with E-state index < -0.39 is 11.7 Å². The highest BCUT2D eigenvalue weighted by molar-refractivity contribution is 9.10. The fourth-order valence-corrected chi connectivity index (χ4v) is 3.40. The number of benzene rings is 1. The van der Waals surface area contributed by atoms with Gasteiger partial charge in [0.15, 0.2) is 0 Å². The quantitative estimate of drug-likeness (QED) is 0.876. The van der Waals surface area contributed by atoms with Crippen LogP contribution in [-0.2, 0) is 0 Å². The topological polar surface area (TPSA) is 75.0 Å². The first-order chi connectivity index (χ1) is 10.6. The number of piperidine rings is 1. The van der Waals surface area contributed by atoms with E-state index in [-0.39, 0.29) is 5.56 Å². The molecule has 0 radical (unpaired) electrons. The lowest BCUT2D eigenvalue weighted by molar-refractivity contribution is 0.0997. The zero-order valence-corrected chi connectivity index (χ0v) is 13.4. The summed E-state index contributed by atoms with van der Waals surface area (Å²) >= 11 is 3.27. The van der Waals surface area contributed by atoms with Gasteiger partial charge in [-0.1, -0.05) is 15.9 Å². The van der Waals surface area contributed by atoms with Crippen LogP contribution in [0.1, 0.15) is 34.8 Å². The van der Waals surface area contributed by atoms with Crippen LogP contribution in [0.3, 0.4) is 0 Å². The Hall–Kier alpha value is -1.89. The van der Waals surface area contributed by atoms with Crippen LogP contribution < -0.4 is 10.6 Å². The molecule has 1 aliphatic rings. The second kappa shape index (κ2) is 6.08. The number of anilines is 1. The van der Waals surface area contributed by atoms with E-state index >= 15 is 0 Å². The van der Waals surface area contributed by atoms with Crippen LogP contribution in [0, 0.1) is 5.82 Å². The summed E-state index contributed by atoms with van der Waals surface area (Å²) in [5.41, 5.74) is 6.98. The van der Waals surface area contributed by atoms with Crippen molar-refractivity contribution >= 4 is 27.5 Å². The third-order valence-electron chi connectivity index (χ3n) is 4.08. The number of halogens is 2. The zero-order valence-electron chi connectivity index (χ0n) is 11.9. The van der Waals surface area contributed by atoms with Crippen molar-refractivity contribution in [1.29, 1.82) is 0 Å². The average molecular weight is 367 g/mol. The van der Waals surface area contributed by atoms with Gasteiger partial charge < -0.3 is 10.6 Å². The van der Waals surface area contributed by atoms with E-state index in [4.69, 9.17) is 5.73 Å². The Morgan fingerprint density at radius 1 is 1.41 bits per heavy atom. The standard InChI is InChI=1S/C15H16BrFN4O/c16-10-7-11(17)14(15(18)22)13(8-10)21-5-2-9(3-6-21)12-1-4-19-20-12/h1,4,7-9H,2-3,5-6H2,(H2,18,22)(H,19,20). The molecule has 5 nitrogen and oxygen atoms in total. The van der Waals surface area contributed by atoms with Gasteiger partial charge >= 0.3 is 0 Å². The number of H-pyrrole nitrogens is 1. The molecule has 0 aliphatic carbocycles. The first-order valence-corrected chi connectivity index (χ1v) is 7.88. The van der Waals surface area contributed by atoms with Crippen LogP contribution in [0.2, 0.25) is 0 Å². The molecule has 2 aromatic rings. The maximum atomic E-state index is 14.0. The van der Waals surface area contributed by atoms with Gasteiger partial charge in [0.2, 0.25) is 0 Å². The molecule has 0 spiro atoms. The number of nitrogens with zero attached hydrogens (tertiary/aromatic N) is 2. The molecule has 0 bridgehead atoms. The Morgan fingerprint density at radius 3 is 2.73 bits per heavy atom. The van der Waals surface area contributed by atoms with E-state index in [2.05, 4.69) is 26.1 Å². The molecule has 1 fully saturated rings. The maximum Gasteiger partial charge on any atom is 0.253 e. The van der Waals surface area contributed by atoms with E-state index in [1.165, 1.54) is 6.07 Å². The maximum absolute atomic E-state index is 14.0. The normalized spacial score (nSPS) is 16.0. The number of hydrogen-bond acceptors (Lipinski definition) is 3. The smallest absolute Gasteiger partial charge is 0.253 e. The fraction of sp³-hybridized carbons (Fsp3) is 0.333. The third kappa shape index (κ3) is 2.85. The number of aromatic amines is 1. The van der Waals surface area contributed by atoms with Gasteiger partial charge in [-0.25, -0.2) is 4.39 Å². The van der Waals surface area contributed by atoms with Gasteiger partial charge in [0.25, 0.3) is 5.91 Å². The summed E-state index contributed by atoms with van der Waals surface area (Å²) in [5.74, 6) is -0.920. The van der Waals surface area contributed by atoms with Crippen LogP contribution in [0.4, 0.5) is 10.1 Å². The van der Waals surface area contributed by atoms with Crippen LogP contribution in [-0.4, -0.2) is 29.2 Å². The summed E-state index contributed by atoms with van der Waals surface area (Å²) < 4.78 is 14.6. The van der Waals surface area contributed by atoms with E-state index in [1.54, 1.807) is 12.3 Å². The minimum absolute atomic E-state index is 0.0387. The molecule has 0 unspecified atom stereocenters. The van der Waals surface area contributed by atoms with Crippen LogP contribution in [0.25, 0.3) is 0 Å². The van der Waals surface area contributed by atoms with E-state index in [0.717, 1.165) is 31.6 Å². The highest BCUT2D eigenvalue weighted by atomic mass is 79.9. The van der Waals surface area contributed by atoms with Crippen molar-refractivity contribution < 1.29 is 9.18 Å². The molecular formula is C15H16BrFN4O. The summed E-state index contributed by atoms with van der Waals surface area (Å²) in [7, 11) is 0. The molecule has 0 saturated carbocycles. The van der Waals surface area contributed by atoms with Gasteiger partial charge in [-0.05, 0) is 31.0 Å². The molecule has 116 valence electrons. The highest BCUT2D eigenvalue weighted by Gasteiger charge is 2.26. The van der Waals surface area contributed by atoms with Crippen molar-refractivity contribution in [3.8, 4) is 0 Å². The molecule has 0 atom stereocenters. The molecule has 3 N–H and O–H groups in total. The van der Waals surface area contributed by atoms with E-state index in [0.29, 0.717) is 16.1 Å². The predicted octanol–water partition coefficient (Wildman–Crippen LogP) is 2.79. The van der Waals surface area contributed by atoms with E-state index in [1.807, 2.05) is 11.0 Å². The Bertz CT molecular complexity index is 681. The minimum Gasteiger partial charge on any atom is -0.371 e. The first kappa shape index (κ1) is 15.0. The van der Waals surface area contributed by atoms with Crippen LogP contribution >= 0.6 is 15.9 Å². The fourth-order valence-electron chi connectivity index (χ4n) is 2.98. The largest absolute Gasteiger partial charge is 0.371 e. The number of amides is 1. The molecule has 1 aromatic heterocycles. The summed E-state index contributed by atoms with van der Waals surface area (Å²) in [6, 6.07) is 4.99. The number of nitrogens with two attached hydrogens (primary N) is 1. The Balaban J connectivity index is 1.83. The number of primary amides is 1. The van der Waals surface area contributed by atoms with Gasteiger partial charge in [0.05, 0.1) is 11.3 Å². The second-order valence-corrected chi connectivity index (χ2v) is 6.33. The molecule has 1 aliphatic heterocycles. The molecule has 1 amide bonds. The number of nitrogens with one attached hydrogen (secondary N) is 1. The summed E-state index contributed by atoms with van der Waals surface area (Å²) in [6.07, 6.45) is 3.57. The Labute approximate surface area is 135 Å². The van der Waals surface area contributed by atoms with Crippen molar-refractivity contribution in [2.24, 2.45) is 5.73 Å². The van der Waals surface area contributed by atoms with Crippen LogP contribution in [0.5, 0.6) is 0 Å². The monoisotopic (exact) mass is 366 g/mol. The Kier molecular flexibility index (Phi) is 4.15. The molecule has 2 heterocycles. The second-order valence-electron chi connectivity index (χ2n) is 5.42. The molecule has 22 heavy (non-hydrogen) atoms. The van der Waals surface area contributed by atoms with Gasteiger partial charge in [-0.2, -0.15) is 5.10 Å². The first-order valence-electron chi connectivity index (χ1n) is 7.09. The lowest BCUT2D eigenvalue weighted by Gasteiger charge is -2.34. The summed E-state index contributed by atoms with van der Waals surface area (Å²) in [5, 5.41) is 6.98. The van der Waals surface area contributed by atoms with Gasteiger partial charge in [-0.15, -0.1) is 0 Å². The van der Waals surface area contributed by atoms with Gasteiger partial charge in [0.1, 0.15) is 5.82 Å². The van der Waals surface area contributed by atoms with Crippen molar-refractivity contribution in [3.63, 3.8) is 0 Å². The molecule has 1 aromatic carbocycles. The molecule has 1 saturated heterocycles. The minimum atomic E-state index is -0.740. The lowest BCUT2D eigenvalue weighted by Crippen LogP contribution is -2.35. The van der Waals surface area contributed by atoms with Gasteiger partial charge in [-0.3, -0.25) is 9.89 Å². The third-order valence-corrected chi connectivity index (χ3v) is 4.54. The average Bonchev–Trinajstić information content (AvgIpc) is 3.00. The number of aromatic nitrogens is 2. The van der Waals surface area contributed by atoms with Crippen molar-refractivity contribution in [2.75, 3.05) is 18.0 Å². The summed E-state index contributed by atoms with van der Waals surface area (Å²) in [4.78, 5) is 13.6. The number of rotatable bonds is 3. The SMILES string of the molecule is NC(=O)c1c(F)cc(Br)cc1N1CCC(c2ccn[nH]2)CC1. The number of hydrogen-bond donors (Lipinski definition) is 2. The Morgan fingerprint density at radius 2 is 2.14 bits per heavy atom. The zero-order chi connectivity index (χ0) is 15.7. The molecule has 7 heteroatoms. The molecular weight excluding hydrogens is 351 g/mol. The van der Waals surface area contributed by atoms with Crippen molar-refractivity contribution in [1.82, 2.24) is 10.2 Å². The van der Waals surface area contributed by atoms with Gasteiger partial charge in [0, 0.05) is 35.4 Å². The number of carbonyl (C=O) groups is 1. The van der Waals surface area contributed by atoms with Crippen molar-refractivity contribution in [2.45, 2.75) is 18.8 Å². The van der Waals surface area contributed by atoms with Crippen molar-refractivity contribution in [3.05, 3.63) is 45.9 Å². The van der Waals surface area contributed by atoms with Crippen LogP contribution in [0.15, 0.2) is 28.9 Å². The predicted molar refractivity (Wildman–Crippen MR) is 85.4 cm³/mol. The highest BCUT2D eigenvalue weighted by Crippen LogP contribution is 2.33. The number of carbonyl (C=O) groups excluding carboxylic acids is 1. The summed E-state index contributed by atoms with van der Waals surface area (Å²) in [6.45, 7) is 1.47.